The number of nitrogens with zero attached hydrogens (tertiary/aromatic N) is 3. The Morgan fingerprint density at radius 3 is 2.78 bits per heavy atom. The number of aromatic amines is 1. The van der Waals surface area contributed by atoms with Crippen molar-refractivity contribution in [2.45, 2.75) is 32.4 Å². The number of fused-ring (bicyclic) bond motifs is 1. The molecule has 2 rings (SSSR count). The number of imidazole rings is 1. The van der Waals surface area contributed by atoms with Crippen LogP contribution in [0.1, 0.15) is 19.8 Å². The summed E-state index contributed by atoms with van der Waals surface area (Å²) in [5, 5.41) is 18.8. The number of aryl methyl sites for hydroxylation is 1. The zero-order chi connectivity index (χ0) is 20.0. The second-order valence-electron chi connectivity index (χ2n) is 6.02. The predicted molar refractivity (Wildman–Crippen MR) is 95.8 cm³/mol. The number of phosphoric acid groups is 1. The van der Waals surface area contributed by atoms with E-state index in [0.29, 0.717) is 25.0 Å². The Labute approximate surface area is 154 Å². The van der Waals surface area contributed by atoms with Gasteiger partial charge in [0.25, 0.3) is 5.56 Å². The number of phosphoric ester groups is 1. The van der Waals surface area contributed by atoms with E-state index < -0.39 is 25.4 Å². The number of hydrogen-bond donors (Lipinski definition) is 5. The molecule has 0 saturated heterocycles. The molecule has 152 valence electrons. The van der Waals surface area contributed by atoms with E-state index in [9.17, 15) is 24.5 Å². The summed E-state index contributed by atoms with van der Waals surface area (Å²) in [7, 11) is -4.33. The van der Waals surface area contributed by atoms with Gasteiger partial charge in [0, 0.05) is 19.1 Å². The second-order valence-corrected chi connectivity index (χ2v) is 7.47. The largest absolute Gasteiger partial charge is 0.472 e. The van der Waals surface area contributed by atoms with Crippen LogP contribution < -0.4 is 11.3 Å². The third-order valence-electron chi connectivity index (χ3n) is 3.90. The highest BCUT2D eigenvalue weighted by molar-refractivity contribution is 7.47. The molecule has 2 aromatic rings. The van der Waals surface area contributed by atoms with Crippen molar-refractivity contribution in [3.8, 4) is 0 Å². The fraction of sp³-hybridized carbons (Fsp3) is 0.643. The van der Waals surface area contributed by atoms with Gasteiger partial charge in [0.15, 0.2) is 11.2 Å². The molecule has 0 radical (unpaired) electrons. The van der Waals surface area contributed by atoms with Crippen LogP contribution in [0.25, 0.3) is 11.2 Å². The van der Waals surface area contributed by atoms with Gasteiger partial charge in [-0.2, -0.15) is 4.98 Å². The Bertz CT molecular complexity index is 854. The molecule has 0 aliphatic rings. The van der Waals surface area contributed by atoms with Gasteiger partial charge in [-0.25, -0.2) is 9.55 Å². The molecule has 2 aromatic heterocycles. The standard InChI is InChI=1S/C14H24N5O7P/c1-2-10(21)7-26-27(23,24)25-6-9(5-20)3-4-19-8-16-11-12(19)17-14(15)18-13(11)22/h8-10,20-21H,2-7H2,1H3,(H,23,24)(H3,15,17,18,22)/t9-,10-/m1/s1. The Kier molecular flexibility index (Phi) is 7.48. The number of nitrogens with two attached hydrogens (primary N) is 1. The number of nitrogens with one attached hydrogen (secondary N) is 1. The number of anilines is 1. The summed E-state index contributed by atoms with van der Waals surface area (Å²) in [6.07, 6.45) is 1.29. The van der Waals surface area contributed by atoms with Crippen molar-refractivity contribution < 1.29 is 28.7 Å². The molecule has 0 saturated carbocycles. The van der Waals surface area contributed by atoms with Gasteiger partial charge in [-0.3, -0.25) is 18.8 Å². The molecule has 6 N–H and O–H groups in total. The van der Waals surface area contributed by atoms with Crippen LogP contribution >= 0.6 is 7.82 Å². The average molecular weight is 405 g/mol. The van der Waals surface area contributed by atoms with Crippen molar-refractivity contribution in [3.05, 3.63) is 16.7 Å². The van der Waals surface area contributed by atoms with E-state index in [4.69, 9.17) is 14.8 Å². The summed E-state index contributed by atoms with van der Waals surface area (Å²) in [5.41, 5.74) is 5.53. The highest BCUT2D eigenvalue weighted by Gasteiger charge is 2.24. The maximum atomic E-state index is 11.8. The van der Waals surface area contributed by atoms with Crippen molar-refractivity contribution in [3.63, 3.8) is 0 Å². The lowest BCUT2D eigenvalue weighted by atomic mass is 10.1. The molecule has 0 aromatic carbocycles. The van der Waals surface area contributed by atoms with E-state index >= 15 is 0 Å². The number of aromatic nitrogens is 4. The number of H-pyrrole nitrogens is 1. The zero-order valence-corrected chi connectivity index (χ0v) is 15.7. The average Bonchev–Trinajstić information content (AvgIpc) is 3.03. The fourth-order valence-electron chi connectivity index (χ4n) is 2.22. The molecule has 0 aliphatic carbocycles. The predicted octanol–water partition coefficient (Wildman–Crippen LogP) is -0.395. The van der Waals surface area contributed by atoms with Crippen molar-refractivity contribution in [2.24, 2.45) is 5.92 Å². The molecule has 0 spiro atoms. The van der Waals surface area contributed by atoms with Crippen LogP contribution in [-0.4, -0.2) is 60.6 Å². The molecular formula is C14H24N5O7P. The van der Waals surface area contributed by atoms with Crippen LogP contribution in [0.4, 0.5) is 5.95 Å². The van der Waals surface area contributed by atoms with Crippen LogP contribution in [0.2, 0.25) is 0 Å². The SMILES string of the molecule is CC[C@@H](O)COP(=O)(O)OC[C@@H](CO)CCn1cnc2c(=O)[nH]c(N)nc21. The zero-order valence-electron chi connectivity index (χ0n) is 14.8. The molecule has 27 heavy (non-hydrogen) atoms. The Morgan fingerprint density at radius 2 is 2.11 bits per heavy atom. The van der Waals surface area contributed by atoms with E-state index in [-0.39, 0.29) is 31.3 Å². The van der Waals surface area contributed by atoms with E-state index in [1.165, 1.54) is 6.33 Å². The summed E-state index contributed by atoms with van der Waals surface area (Å²) in [6, 6.07) is 0. The quantitative estimate of drug-likeness (QED) is 0.308. The molecule has 3 atom stereocenters. The first kappa shape index (κ1) is 21.5. The van der Waals surface area contributed by atoms with Crippen LogP contribution in [-0.2, 0) is 20.2 Å². The molecule has 12 nitrogen and oxygen atoms in total. The summed E-state index contributed by atoms with van der Waals surface area (Å²) >= 11 is 0. The summed E-state index contributed by atoms with van der Waals surface area (Å²) < 4.78 is 22.9. The summed E-state index contributed by atoms with van der Waals surface area (Å²) in [4.78, 5) is 31.7. The van der Waals surface area contributed by atoms with E-state index in [2.05, 4.69) is 15.0 Å². The minimum atomic E-state index is -4.33. The molecule has 2 heterocycles. The third kappa shape index (κ3) is 6.09. The first-order valence-corrected chi connectivity index (χ1v) is 9.86. The van der Waals surface area contributed by atoms with Crippen molar-refractivity contribution in [1.82, 2.24) is 19.5 Å². The minimum Gasteiger partial charge on any atom is -0.396 e. The highest BCUT2D eigenvalue weighted by atomic mass is 31.2. The summed E-state index contributed by atoms with van der Waals surface area (Å²) in [5.74, 6) is -0.508. The normalized spacial score (nSPS) is 16.3. The lowest BCUT2D eigenvalue weighted by molar-refractivity contribution is 0.0603. The van der Waals surface area contributed by atoms with Crippen LogP contribution in [0.15, 0.2) is 11.1 Å². The second kappa shape index (κ2) is 9.40. The summed E-state index contributed by atoms with van der Waals surface area (Å²) in [6.45, 7) is 1.19. The van der Waals surface area contributed by atoms with Gasteiger partial charge < -0.3 is 25.4 Å². The molecule has 1 unspecified atom stereocenters. The Morgan fingerprint density at radius 1 is 1.41 bits per heavy atom. The minimum absolute atomic E-state index is 0.0380. The van der Waals surface area contributed by atoms with Gasteiger partial charge in [-0.05, 0) is 12.8 Å². The van der Waals surface area contributed by atoms with Crippen molar-refractivity contribution in [2.75, 3.05) is 25.6 Å². The van der Waals surface area contributed by atoms with E-state index in [0.717, 1.165) is 0 Å². The lowest BCUT2D eigenvalue weighted by Gasteiger charge is -2.18. The number of aliphatic hydroxyl groups is 2. The number of aliphatic hydroxyl groups excluding tert-OH is 2. The van der Waals surface area contributed by atoms with Gasteiger partial charge in [-0.15, -0.1) is 0 Å². The lowest BCUT2D eigenvalue weighted by Crippen LogP contribution is -2.18. The molecular weight excluding hydrogens is 381 g/mol. The fourth-order valence-corrected chi connectivity index (χ4v) is 3.05. The number of nitrogen functional groups attached to an aromatic ring is 1. The van der Waals surface area contributed by atoms with Gasteiger partial charge >= 0.3 is 7.82 Å². The van der Waals surface area contributed by atoms with E-state index in [1.54, 1.807) is 11.5 Å². The molecule has 0 aliphatic heterocycles. The maximum absolute atomic E-state index is 11.8. The maximum Gasteiger partial charge on any atom is 0.472 e. The molecule has 0 bridgehead atoms. The smallest absolute Gasteiger partial charge is 0.396 e. The van der Waals surface area contributed by atoms with Gasteiger partial charge in [0.05, 0.1) is 25.6 Å². The Balaban J connectivity index is 1.92. The highest BCUT2D eigenvalue weighted by Crippen LogP contribution is 2.43. The van der Waals surface area contributed by atoms with Gasteiger partial charge in [-0.1, -0.05) is 6.92 Å². The van der Waals surface area contributed by atoms with E-state index in [1.807, 2.05) is 0 Å². The number of rotatable bonds is 11. The molecule has 13 heteroatoms. The molecule has 0 fully saturated rings. The third-order valence-corrected chi connectivity index (χ3v) is 4.85. The first-order chi connectivity index (χ1) is 12.8. The van der Waals surface area contributed by atoms with Crippen LogP contribution in [0.5, 0.6) is 0 Å². The van der Waals surface area contributed by atoms with Gasteiger partial charge in [0.2, 0.25) is 5.95 Å². The van der Waals surface area contributed by atoms with Crippen molar-refractivity contribution in [1.29, 1.82) is 0 Å². The monoisotopic (exact) mass is 405 g/mol. The van der Waals surface area contributed by atoms with Crippen molar-refractivity contribution >= 4 is 24.9 Å². The number of hydrogen-bond acceptors (Lipinski definition) is 9. The Hall–Kier alpha value is -1.82. The van der Waals surface area contributed by atoms with Crippen LogP contribution in [0, 0.1) is 5.92 Å². The van der Waals surface area contributed by atoms with Crippen LogP contribution in [0.3, 0.4) is 0 Å². The van der Waals surface area contributed by atoms with Gasteiger partial charge in [0.1, 0.15) is 0 Å². The topological polar surface area (TPSA) is 186 Å². The molecule has 0 amide bonds. The first-order valence-electron chi connectivity index (χ1n) is 8.37.